The Kier molecular flexibility index (Phi) is 18.5. The van der Waals surface area contributed by atoms with E-state index in [1.807, 2.05) is 24.6 Å². The molecule has 0 amide bonds. The number of hydrogen-bond donors (Lipinski definition) is 0. The molecule has 3 aromatic rings. The predicted octanol–water partition coefficient (Wildman–Crippen LogP) is 0.739. The summed E-state index contributed by atoms with van der Waals surface area (Å²) < 4.78 is 0. The second-order valence-corrected chi connectivity index (χ2v) is 10.8. The van der Waals surface area contributed by atoms with E-state index >= 15 is 0 Å². The first-order valence-electron chi connectivity index (χ1n) is 12.6. The number of nitrogens with zero attached hydrogens (tertiary/aromatic N) is 3. The minimum Gasteiger partial charge on any atom is -1.00 e. The average molecular weight is 650 g/mol. The molecule has 0 saturated carbocycles. The third-order valence-electron chi connectivity index (χ3n) is 6.17. The Balaban J connectivity index is 0. The molecule has 3 rings (SSSR count). The van der Waals surface area contributed by atoms with E-state index in [1.165, 1.54) is 22.3 Å². The second kappa shape index (κ2) is 18.1. The van der Waals surface area contributed by atoms with Gasteiger partial charge in [0, 0.05) is 5.02 Å². The van der Waals surface area contributed by atoms with Crippen LogP contribution < -0.4 is 37.2 Å². The fourth-order valence-corrected chi connectivity index (χ4v) is 4.48. The fraction of sp³-hybridized carbons (Fsp3) is 0.387. The summed E-state index contributed by atoms with van der Waals surface area (Å²) in [6.07, 6.45) is 3.63. The zero-order chi connectivity index (χ0) is 25.7. The van der Waals surface area contributed by atoms with Crippen molar-refractivity contribution in [3.8, 4) is 0 Å². The van der Waals surface area contributed by atoms with Crippen LogP contribution in [0.25, 0.3) is 0 Å². The largest absolute Gasteiger partial charge is 3.00 e. The molecule has 2 aromatic carbocycles. The Labute approximate surface area is 269 Å². The summed E-state index contributed by atoms with van der Waals surface area (Å²) >= 11 is 6.48. The Morgan fingerprint density at radius 1 is 0.590 bits per heavy atom. The van der Waals surface area contributed by atoms with Crippen molar-refractivity contribution in [1.82, 2.24) is 4.98 Å². The normalized spacial score (nSPS) is 11.1. The zero-order valence-electron chi connectivity index (χ0n) is 23.8. The maximum Gasteiger partial charge on any atom is 3.00 e. The molecule has 3 nitrogen and oxygen atoms in total. The molecule has 8 heteroatoms. The van der Waals surface area contributed by atoms with E-state index in [-0.39, 0.29) is 54.3 Å². The predicted molar refractivity (Wildman–Crippen MR) is 153 cm³/mol. The van der Waals surface area contributed by atoms with Crippen molar-refractivity contribution in [2.24, 2.45) is 9.98 Å². The van der Waals surface area contributed by atoms with Crippen LogP contribution in [0.4, 0.5) is 11.4 Å². The molecule has 1 aromatic heterocycles. The van der Waals surface area contributed by atoms with Gasteiger partial charge in [-0.3, -0.25) is 9.98 Å². The number of halogens is 4. The van der Waals surface area contributed by atoms with E-state index in [0.717, 1.165) is 11.4 Å². The molecule has 0 unspecified atom stereocenters. The first kappa shape index (κ1) is 39.8. The van der Waals surface area contributed by atoms with Crippen LogP contribution >= 0.6 is 11.6 Å². The third-order valence-corrected chi connectivity index (χ3v) is 6.38. The Bertz CT molecular complexity index is 1090. The number of aliphatic imine (C=N–C) groups is 2. The molecule has 0 bridgehead atoms. The minimum atomic E-state index is 0. The van der Waals surface area contributed by atoms with Gasteiger partial charge in [0.1, 0.15) is 0 Å². The van der Waals surface area contributed by atoms with Crippen LogP contribution in [0.2, 0.25) is 5.02 Å². The van der Waals surface area contributed by atoms with E-state index in [1.54, 1.807) is 0 Å². The van der Waals surface area contributed by atoms with Gasteiger partial charge in [0.2, 0.25) is 0 Å². The van der Waals surface area contributed by atoms with Crippen LogP contribution in [0.5, 0.6) is 0 Å². The number of pyridine rings is 1. The SMILES string of the molecule is CC(C)c1cccc(C(C)C)c1N=Cc1cc(Cl)cc(C=Nc2c(C(C)C)cccc2C(C)C)n1.[Cl-].[Cl-].[Cl-].[Fe+3]. The number of benzene rings is 2. The summed E-state index contributed by atoms with van der Waals surface area (Å²) in [6.45, 7) is 17.6. The molecule has 0 aliphatic carbocycles. The summed E-state index contributed by atoms with van der Waals surface area (Å²) in [5.74, 6) is 1.53. The third kappa shape index (κ3) is 10.5. The van der Waals surface area contributed by atoms with E-state index in [0.29, 0.717) is 40.1 Å². The van der Waals surface area contributed by atoms with Gasteiger partial charge in [0.15, 0.2) is 0 Å². The molecule has 0 spiro atoms. The Morgan fingerprint density at radius 2 is 0.872 bits per heavy atom. The van der Waals surface area contributed by atoms with Gasteiger partial charge in [-0.15, -0.1) is 0 Å². The fourth-order valence-electron chi connectivity index (χ4n) is 4.25. The maximum atomic E-state index is 6.48. The van der Waals surface area contributed by atoms with Gasteiger partial charge < -0.3 is 37.2 Å². The molecule has 0 atom stereocenters. The van der Waals surface area contributed by atoms with Gasteiger partial charge in [-0.2, -0.15) is 0 Å². The first-order chi connectivity index (χ1) is 16.6. The van der Waals surface area contributed by atoms with Crippen LogP contribution in [0, 0.1) is 0 Å². The number of aromatic nitrogens is 1. The van der Waals surface area contributed by atoms with E-state index < -0.39 is 0 Å². The second-order valence-electron chi connectivity index (χ2n) is 10.3. The van der Waals surface area contributed by atoms with Crippen LogP contribution in [0.1, 0.15) is 113 Å². The van der Waals surface area contributed by atoms with Gasteiger partial charge in [-0.05, 0) is 58.1 Å². The minimum absolute atomic E-state index is 0. The van der Waals surface area contributed by atoms with Crippen molar-refractivity contribution >= 4 is 35.4 Å². The van der Waals surface area contributed by atoms with Crippen LogP contribution in [0.15, 0.2) is 58.5 Å². The van der Waals surface area contributed by atoms with Gasteiger partial charge in [-0.25, -0.2) is 4.98 Å². The molecule has 0 saturated heterocycles. The van der Waals surface area contributed by atoms with Crippen LogP contribution in [-0.4, -0.2) is 17.4 Å². The first-order valence-corrected chi connectivity index (χ1v) is 13.0. The molecule has 213 valence electrons. The van der Waals surface area contributed by atoms with Gasteiger partial charge in [0.25, 0.3) is 0 Å². The van der Waals surface area contributed by atoms with Crippen molar-refractivity contribution in [2.75, 3.05) is 0 Å². The van der Waals surface area contributed by atoms with Crippen LogP contribution in [0.3, 0.4) is 0 Å². The molecule has 39 heavy (non-hydrogen) atoms. The number of rotatable bonds is 8. The topological polar surface area (TPSA) is 37.6 Å². The van der Waals surface area contributed by atoms with E-state index in [9.17, 15) is 0 Å². The Morgan fingerprint density at radius 3 is 1.13 bits per heavy atom. The zero-order valence-corrected chi connectivity index (χ0v) is 27.9. The van der Waals surface area contributed by atoms with Crippen molar-refractivity contribution in [3.63, 3.8) is 0 Å². The molecule has 1 radical (unpaired) electrons. The standard InChI is InChI=1S/C31H38ClN3.3ClH.Fe/c1-19(2)26-11-9-12-27(20(3)4)30(26)33-17-24-15-23(32)16-25(35-24)18-34-31-28(21(5)6)13-10-14-29(31)22(7)8;;;;/h9-22H,1-8H3;3*1H;/q;;;;+3/p-3. The smallest absolute Gasteiger partial charge is 1.00 e. The van der Waals surface area contributed by atoms with Crippen molar-refractivity contribution in [3.05, 3.63) is 87.2 Å². The molecule has 1 heterocycles. The summed E-state index contributed by atoms with van der Waals surface area (Å²) in [7, 11) is 0. The van der Waals surface area contributed by atoms with Gasteiger partial charge in [-0.1, -0.05) is 103 Å². The number of para-hydroxylation sites is 2. The summed E-state index contributed by atoms with van der Waals surface area (Å²) in [5.41, 5.74) is 8.45. The molecular formula is C31H38Cl4FeN3. The van der Waals surface area contributed by atoms with Crippen molar-refractivity contribution < 1.29 is 54.3 Å². The Hall–Kier alpha value is -1.39. The summed E-state index contributed by atoms with van der Waals surface area (Å²) in [4.78, 5) is 14.6. The van der Waals surface area contributed by atoms with E-state index in [2.05, 4.69) is 91.8 Å². The summed E-state index contributed by atoms with van der Waals surface area (Å²) in [6, 6.07) is 16.6. The molecule has 0 fully saturated rings. The monoisotopic (exact) mass is 648 g/mol. The van der Waals surface area contributed by atoms with E-state index in [4.69, 9.17) is 26.6 Å². The maximum absolute atomic E-state index is 6.48. The number of hydrogen-bond acceptors (Lipinski definition) is 3. The van der Waals surface area contributed by atoms with Gasteiger partial charge in [0.05, 0.1) is 35.2 Å². The quantitative estimate of drug-likeness (QED) is 0.262. The molecule has 0 aliphatic heterocycles. The summed E-state index contributed by atoms with van der Waals surface area (Å²) in [5, 5.41) is 0.616. The van der Waals surface area contributed by atoms with Crippen LogP contribution in [-0.2, 0) is 17.1 Å². The molecule has 0 N–H and O–H groups in total. The molecular weight excluding hydrogens is 612 g/mol. The van der Waals surface area contributed by atoms with Crippen molar-refractivity contribution in [2.45, 2.75) is 79.1 Å². The average Bonchev–Trinajstić information content (AvgIpc) is 2.80. The molecule has 0 aliphatic rings. The van der Waals surface area contributed by atoms with Crippen molar-refractivity contribution in [1.29, 1.82) is 0 Å². The van der Waals surface area contributed by atoms with Gasteiger partial charge >= 0.3 is 17.1 Å².